The molecule has 0 aromatic heterocycles. The van der Waals surface area contributed by atoms with Crippen molar-refractivity contribution in [1.29, 1.82) is 0 Å². The van der Waals surface area contributed by atoms with Crippen molar-refractivity contribution < 1.29 is 14.2 Å². The molecule has 21 heavy (non-hydrogen) atoms. The summed E-state index contributed by atoms with van der Waals surface area (Å²) in [6.45, 7) is 2.39. The molecule has 7 heteroatoms. The Morgan fingerprint density at radius 2 is 2.10 bits per heavy atom. The molecule has 118 valence electrons. The Bertz CT molecular complexity index is 507. The van der Waals surface area contributed by atoms with E-state index in [1.165, 1.54) is 0 Å². The van der Waals surface area contributed by atoms with Crippen molar-refractivity contribution in [1.82, 2.24) is 5.32 Å². The average molecular weight is 330 g/mol. The monoisotopic (exact) mass is 330 g/mol. The molecule has 1 rings (SSSR count). The summed E-state index contributed by atoms with van der Waals surface area (Å²) in [5, 5.41) is 2.83. The fourth-order valence-electron chi connectivity index (χ4n) is 1.77. The first kappa shape index (κ1) is 18.1. The smallest absolute Gasteiger partial charge is 0.272 e. The summed E-state index contributed by atoms with van der Waals surface area (Å²) in [5.41, 5.74) is 6.73. The topological polar surface area (TPSA) is 84.6 Å². The van der Waals surface area contributed by atoms with E-state index in [0.29, 0.717) is 13.0 Å². The summed E-state index contributed by atoms with van der Waals surface area (Å²) in [4.78, 5) is 10.0. The fraction of sp³-hybridized carbons (Fsp3) is 0.500. The van der Waals surface area contributed by atoms with Gasteiger partial charge in [0.15, 0.2) is 4.73 Å². The van der Waals surface area contributed by atoms with Gasteiger partial charge in [-0.25, -0.2) is 0 Å². The lowest BCUT2D eigenvalue weighted by Crippen LogP contribution is -2.30. The van der Waals surface area contributed by atoms with Crippen LogP contribution in [0.25, 0.3) is 0 Å². The Labute approximate surface area is 131 Å². The number of unbranched alkanes of at least 4 members (excludes halogenated alkanes) is 1. The van der Waals surface area contributed by atoms with Gasteiger partial charge in [0.1, 0.15) is 5.75 Å². The number of nitrogens with one attached hydrogen (secondary N) is 1. The first-order chi connectivity index (χ1) is 9.91. The van der Waals surface area contributed by atoms with Crippen LogP contribution >= 0.6 is 19.6 Å². The highest BCUT2D eigenvalue weighted by Gasteiger charge is 2.32. The van der Waals surface area contributed by atoms with Crippen LogP contribution in [0.1, 0.15) is 31.7 Å². The van der Waals surface area contributed by atoms with Crippen LogP contribution < -0.4 is 15.8 Å². The summed E-state index contributed by atoms with van der Waals surface area (Å²) in [7, 11) is -2.08. The van der Waals surface area contributed by atoms with Crippen LogP contribution in [-0.4, -0.2) is 22.5 Å². The van der Waals surface area contributed by atoms with Crippen molar-refractivity contribution in [2.75, 3.05) is 7.11 Å². The van der Waals surface area contributed by atoms with Crippen molar-refractivity contribution >= 4 is 24.3 Å². The van der Waals surface area contributed by atoms with E-state index in [4.69, 9.17) is 22.7 Å². The zero-order chi connectivity index (χ0) is 15.9. The number of benzene rings is 1. The molecule has 0 aliphatic heterocycles. The molecule has 0 heterocycles. The molecule has 4 N–H and O–H groups in total. The van der Waals surface area contributed by atoms with Crippen LogP contribution in [0.2, 0.25) is 0 Å². The molecule has 2 atom stereocenters. The number of methoxy groups -OCH3 is 1. The molecular formula is C14H23N2O3PS. The Hall–Kier alpha value is -0.940. The molecule has 0 saturated heterocycles. The van der Waals surface area contributed by atoms with E-state index in [1.807, 2.05) is 31.2 Å². The van der Waals surface area contributed by atoms with Gasteiger partial charge in [-0.05, 0) is 24.1 Å². The summed E-state index contributed by atoms with van der Waals surface area (Å²) in [6.07, 6.45) is 2.24. The molecule has 5 nitrogen and oxygen atoms in total. The maximum atomic E-state index is 12.2. The normalized spacial score (nSPS) is 15.0. The standard InChI is InChI=1S/C14H23N2O3PS/c1-3-4-5-13(15)20(17,18)14(21)16-10-11-6-8-12(19-2)9-7-11/h6-9,13H,3-5,10,15H2,1-2H3,(H,16,21)(H,17,18). The SMILES string of the molecule is CCCCC(N)P(=O)(O)C(=S)NCc1ccc(OC)cc1. The number of hydrogen-bond donors (Lipinski definition) is 3. The van der Waals surface area contributed by atoms with Gasteiger partial charge in [0.25, 0.3) is 7.37 Å². The van der Waals surface area contributed by atoms with Gasteiger partial charge in [-0.1, -0.05) is 44.1 Å². The van der Waals surface area contributed by atoms with Gasteiger partial charge in [-0.2, -0.15) is 0 Å². The molecule has 0 fully saturated rings. The van der Waals surface area contributed by atoms with Crippen LogP contribution in [0.15, 0.2) is 24.3 Å². The molecular weight excluding hydrogens is 307 g/mol. The van der Waals surface area contributed by atoms with Crippen molar-refractivity contribution in [3.63, 3.8) is 0 Å². The Kier molecular flexibility index (Phi) is 7.32. The van der Waals surface area contributed by atoms with E-state index < -0.39 is 13.2 Å². The van der Waals surface area contributed by atoms with Gasteiger partial charge in [0, 0.05) is 6.54 Å². The van der Waals surface area contributed by atoms with E-state index in [9.17, 15) is 9.46 Å². The van der Waals surface area contributed by atoms with Crippen molar-refractivity contribution in [3.05, 3.63) is 29.8 Å². The van der Waals surface area contributed by atoms with Gasteiger partial charge in [0.2, 0.25) is 0 Å². The minimum Gasteiger partial charge on any atom is -0.497 e. The third kappa shape index (κ3) is 5.40. The van der Waals surface area contributed by atoms with Gasteiger partial charge >= 0.3 is 0 Å². The van der Waals surface area contributed by atoms with Crippen molar-refractivity contribution in [2.45, 2.75) is 38.5 Å². The van der Waals surface area contributed by atoms with E-state index in [2.05, 4.69) is 5.32 Å². The van der Waals surface area contributed by atoms with Crippen molar-refractivity contribution in [2.24, 2.45) is 5.73 Å². The lowest BCUT2D eigenvalue weighted by Gasteiger charge is -2.20. The predicted octanol–water partition coefficient (Wildman–Crippen LogP) is 2.82. The summed E-state index contributed by atoms with van der Waals surface area (Å²) < 4.78 is 17.3. The molecule has 0 spiro atoms. The third-order valence-corrected chi connectivity index (χ3v) is 6.02. The molecule has 0 bridgehead atoms. The highest BCUT2D eigenvalue weighted by atomic mass is 32.1. The summed E-state index contributed by atoms with van der Waals surface area (Å²) in [6, 6.07) is 7.39. The van der Waals surface area contributed by atoms with Gasteiger partial charge < -0.3 is 20.7 Å². The Morgan fingerprint density at radius 3 is 2.62 bits per heavy atom. The van der Waals surface area contributed by atoms with E-state index in [0.717, 1.165) is 24.2 Å². The van der Waals surface area contributed by atoms with E-state index >= 15 is 0 Å². The second kappa shape index (κ2) is 8.49. The number of hydrogen-bond acceptors (Lipinski definition) is 4. The second-order valence-corrected chi connectivity index (χ2v) is 7.91. The molecule has 0 amide bonds. The van der Waals surface area contributed by atoms with Crippen LogP contribution in [0.4, 0.5) is 0 Å². The predicted molar refractivity (Wildman–Crippen MR) is 89.8 cm³/mol. The number of thiocarbonyl (C=S) groups is 1. The zero-order valence-corrected chi connectivity index (χ0v) is 14.1. The molecule has 0 aliphatic carbocycles. The van der Waals surface area contributed by atoms with Crippen LogP contribution in [0.3, 0.4) is 0 Å². The Balaban J connectivity index is 2.56. The zero-order valence-electron chi connectivity index (χ0n) is 12.4. The minimum absolute atomic E-state index is 0.0538. The van der Waals surface area contributed by atoms with E-state index in [-0.39, 0.29) is 4.73 Å². The summed E-state index contributed by atoms with van der Waals surface area (Å²) >= 11 is 5.04. The van der Waals surface area contributed by atoms with Gasteiger partial charge in [-0.15, -0.1) is 0 Å². The third-order valence-electron chi connectivity index (χ3n) is 3.20. The average Bonchev–Trinajstić information content (AvgIpc) is 2.50. The second-order valence-electron chi connectivity index (χ2n) is 4.84. The lowest BCUT2D eigenvalue weighted by atomic mass is 10.2. The Morgan fingerprint density at radius 1 is 1.48 bits per heavy atom. The van der Waals surface area contributed by atoms with Crippen molar-refractivity contribution in [3.8, 4) is 5.75 Å². The molecule has 2 unspecified atom stereocenters. The summed E-state index contributed by atoms with van der Waals surface area (Å²) in [5.74, 6) is -0.0379. The first-order valence-electron chi connectivity index (χ1n) is 6.91. The lowest BCUT2D eigenvalue weighted by molar-refractivity contribution is 0.414. The number of rotatable bonds is 8. The largest absolute Gasteiger partial charge is 0.497 e. The highest BCUT2D eigenvalue weighted by molar-refractivity contribution is 7.99. The highest BCUT2D eigenvalue weighted by Crippen LogP contribution is 2.46. The fourth-order valence-corrected chi connectivity index (χ4v) is 3.39. The molecule has 0 radical (unpaired) electrons. The minimum atomic E-state index is -3.68. The molecule has 0 aliphatic rings. The molecule has 1 aromatic rings. The maximum absolute atomic E-state index is 12.2. The van der Waals surface area contributed by atoms with Crippen LogP contribution in [0, 0.1) is 0 Å². The maximum Gasteiger partial charge on any atom is 0.272 e. The van der Waals surface area contributed by atoms with Crippen LogP contribution in [0.5, 0.6) is 5.75 Å². The first-order valence-corrected chi connectivity index (χ1v) is 9.05. The quantitative estimate of drug-likeness (QED) is 0.502. The molecule has 0 saturated carbocycles. The van der Waals surface area contributed by atoms with Gasteiger partial charge in [0.05, 0.1) is 12.9 Å². The molecule has 1 aromatic carbocycles. The number of ether oxygens (including phenoxy) is 1. The van der Waals surface area contributed by atoms with Gasteiger partial charge in [-0.3, -0.25) is 4.57 Å². The van der Waals surface area contributed by atoms with E-state index in [1.54, 1.807) is 7.11 Å². The van der Waals surface area contributed by atoms with Crippen LogP contribution in [-0.2, 0) is 11.1 Å². The number of nitrogens with two attached hydrogens (primary N) is 1.